The number of hydrogen-bond donors (Lipinski definition) is 0. The van der Waals surface area contributed by atoms with E-state index in [0.717, 1.165) is 29.3 Å². The van der Waals surface area contributed by atoms with Gasteiger partial charge in [0.25, 0.3) is 0 Å². The largest absolute Gasteiger partial charge is 0.347 e. The van der Waals surface area contributed by atoms with Crippen molar-refractivity contribution in [2.75, 3.05) is 11.9 Å². The summed E-state index contributed by atoms with van der Waals surface area (Å²) in [5.41, 5.74) is 9.67. The summed E-state index contributed by atoms with van der Waals surface area (Å²) in [6.45, 7) is 9.05. The Kier molecular flexibility index (Phi) is 5.97. The van der Waals surface area contributed by atoms with E-state index in [1.54, 1.807) is 0 Å². The summed E-state index contributed by atoms with van der Waals surface area (Å²) in [6, 6.07) is 17.0. The second-order valence-electron chi connectivity index (χ2n) is 10.6. The number of nitrogens with zero attached hydrogens (tertiary/aromatic N) is 2. The predicted octanol–water partition coefficient (Wildman–Crippen LogP) is 8.69. The zero-order valence-electron chi connectivity index (χ0n) is 21.3. The SMILES string of the molecule is CN1C(=CC=CC=C2CCC(C=CC3=Nc4ccccc4C3(C)C)=C2Cl)C(C)(C)c2ccccc21. The molecule has 2 heterocycles. The quantitative estimate of drug-likeness (QED) is 0.427. The fourth-order valence-corrected chi connectivity index (χ4v) is 5.88. The van der Waals surface area contributed by atoms with E-state index in [9.17, 15) is 0 Å². The standard InChI is InChI=1S/C32H33ClN2/c1-31(2)24-13-7-9-15-26(24)34-28(31)21-20-23-19-18-22(30(23)33)12-6-11-17-29-32(3,4)25-14-8-10-16-27(25)35(29)5/h6-17,20-21H,18-19H2,1-5H3. The third kappa shape index (κ3) is 4.04. The van der Waals surface area contributed by atoms with E-state index in [1.165, 1.54) is 33.7 Å². The molecule has 0 unspecified atom stereocenters. The number of halogens is 1. The Bertz CT molecular complexity index is 1360. The Morgan fingerprint density at radius 3 is 2.26 bits per heavy atom. The number of fused-ring (bicyclic) bond motifs is 2. The lowest BCUT2D eigenvalue weighted by Crippen LogP contribution is -2.23. The number of allylic oxidation sites excluding steroid dienone is 10. The van der Waals surface area contributed by atoms with Gasteiger partial charge >= 0.3 is 0 Å². The molecule has 3 aliphatic rings. The summed E-state index contributed by atoms with van der Waals surface area (Å²) in [4.78, 5) is 7.16. The molecule has 0 amide bonds. The minimum atomic E-state index is -0.0888. The van der Waals surface area contributed by atoms with E-state index in [1.807, 2.05) is 6.07 Å². The number of aliphatic imine (C=N–C) groups is 1. The summed E-state index contributed by atoms with van der Waals surface area (Å²) in [5.74, 6) is 0. The van der Waals surface area contributed by atoms with Crippen LogP contribution in [0.4, 0.5) is 11.4 Å². The van der Waals surface area contributed by atoms with Gasteiger partial charge in [0.1, 0.15) is 0 Å². The Balaban J connectivity index is 1.31. The van der Waals surface area contributed by atoms with Crippen LogP contribution in [0.15, 0.2) is 112 Å². The third-order valence-corrected chi connectivity index (χ3v) is 8.22. The first kappa shape index (κ1) is 23.6. The van der Waals surface area contributed by atoms with Gasteiger partial charge in [-0.15, -0.1) is 0 Å². The van der Waals surface area contributed by atoms with Crippen molar-refractivity contribution in [3.63, 3.8) is 0 Å². The molecule has 178 valence electrons. The summed E-state index contributed by atoms with van der Waals surface area (Å²) in [7, 11) is 2.15. The molecule has 35 heavy (non-hydrogen) atoms. The molecule has 0 radical (unpaired) electrons. The number of anilines is 1. The van der Waals surface area contributed by atoms with Crippen LogP contribution in [-0.4, -0.2) is 12.8 Å². The van der Waals surface area contributed by atoms with Gasteiger partial charge in [0.05, 0.1) is 11.4 Å². The van der Waals surface area contributed by atoms with Crippen LogP contribution in [-0.2, 0) is 10.8 Å². The average Bonchev–Trinajstić information content (AvgIpc) is 3.39. The molecular weight excluding hydrogens is 448 g/mol. The Morgan fingerprint density at radius 2 is 1.51 bits per heavy atom. The second kappa shape index (κ2) is 8.84. The lowest BCUT2D eigenvalue weighted by Gasteiger charge is -2.23. The lowest BCUT2D eigenvalue weighted by molar-refractivity contribution is 0.640. The molecule has 2 nitrogen and oxygen atoms in total. The maximum Gasteiger partial charge on any atom is 0.0674 e. The predicted molar refractivity (Wildman–Crippen MR) is 151 cm³/mol. The molecular formula is C32H33ClN2. The smallest absolute Gasteiger partial charge is 0.0674 e. The van der Waals surface area contributed by atoms with Gasteiger partial charge < -0.3 is 4.90 Å². The molecule has 5 rings (SSSR count). The van der Waals surface area contributed by atoms with Gasteiger partial charge in [0, 0.05) is 34.3 Å². The molecule has 2 aromatic carbocycles. The van der Waals surface area contributed by atoms with Crippen LogP contribution >= 0.6 is 11.6 Å². The number of rotatable bonds is 4. The zero-order chi connectivity index (χ0) is 24.8. The van der Waals surface area contributed by atoms with Crippen LogP contribution in [0, 0.1) is 0 Å². The van der Waals surface area contributed by atoms with E-state index in [4.69, 9.17) is 16.6 Å². The monoisotopic (exact) mass is 480 g/mol. The molecule has 0 atom stereocenters. The van der Waals surface area contributed by atoms with Gasteiger partial charge in [0.15, 0.2) is 0 Å². The first-order valence-corrected chi connectivity index (χ1v) is 12.8. The van der Waals surface area contributed by atoms with E-state index in [-0.39, 0.29) is 10.8 Å². The van der Waals surface area contributed by atoms with E-state index >= 15 is 0 Å². The molecule has 0 N–H and O–H groups in total. The first-order chi connectivity index (χ1) is 16.7. The fourth-order valence-electron chi connectivity index (χ4n) is 5.56. The minimum absolute atomic E-state index is 0.0118. The zero-order valence-corrected chi connectivity index (χ0v) is 22.0. The van der Waals surface area contributed by atoms with Crippen LogP contribution in [0.1, 0.15) is 51.7 Å². The highest BCUT2D eigenvalue weighted by Crippen LogP contribution is 2.46. The molecule has 2 aromatic rings. The van der Waals surface area contributed by atoms with Crippen LogP contribution in [0.5, 0.6) is 0 Å². The normalized spacial score (nSPS) is 22.7. The number of hydrogen-bond acceptors (Lipinski definition) is 2. The van der Waals surface area contributed by atoms with E-state index in [2.05, 4.69) is 119 Å². The fraction of sp³-hybridized carbons (Fsp3) is 0.281. The first-order valence-electron chi connectivity index (χ1n) is 12.4. The maximum atomic E-state index is 6.79. The number of para-hydroxylation sites is 2. The highest BCUT2D eigenvalue weighted by Gasteiger charge is 2.37. The van der Waals surface area contributed by atoms with Crippen molar-refractivity contribution in [2.45, 2.75) is 51.4 Å². The molecule has 0 fully saturated rings. The van der Waals surface area contributed by atoms with Gasteiger partial charge in [0.2, 0.25) is 0 Å². The van der Waals surface area contributed by atoms with Gasteiger partial charge in [-0.1, -0.05) is 100.0 Å². The van der Waals surface area contributed by atoms with Crippen molar-refractivity contribution in [3.8, 4) is 0 Å². The maximum absolute atomic E-state index is 6.79. The molecule has 0 spiro atoms. The molecule has 0 saturated heterocycles. The highest BCUT2D eigenvalue weighted by atomic mass is 35.5. The highest BCUT2D eigenvalue weighted by molar-refractivity contribution is 6.33. The Morgan fingerprint density at radius 1 is 0.829 bits per heavy atom. The molecule has 3 heteroatoms. The Hall–Kier alpha value is -3.10. The van der Waals surface area contributed by atoms with Crippen molar-refractivity contribution < 1.29 is 0 Å². The lowest BCUT2D eigenvalue weighted by atomic mass is 9.81. The average molecular weight is 481 g/mol. The van der Waals surface area contributed by atoms with Crippen molar-refractivity contribution in [1.82, 2.24) is 0 Å². The van der Waals surface area contributed by atoms with E-state index < -0.39 is 0 Å². The van der Waals surface area contributed by atoms with Crippen LogP contribution < -0.4 is 4.90 Å². The van der Waals surface area contributed by atoms with Gasteiger partial charge in [-0.2, -0.15) is 0 Å². The van der Waals surface area contributed by atoms with Crippen LogP contribution in [0.25, 0.3) is 0 Å². The summed E-state index contributed by atoms with van der Waals surface area (Å²) in [5, 5.41) is 0.873. The molecule has 0 saturated carbocycles. The molecule has 0 bridgehead atoms. The topological polar surface area (TPSA) is 15.6 Å². The van der Waals surface area contributed by atoms with Crippen molar-refractivity contribution in [2.24, 2.45) is 4.99 Å². The van der Waals surface area contributed by atoms with Crippen molar-refractivity contribution >= 4 is 28.7 Å². The van der Waals surface area contributed by atoms with Gasteiger partial charge in [-0.3, -0.25) is 4.99 Å². The van der Waals surface area contributed by atoms with Crippen LogP contribution in [0.2, 0.25) is 0 Å². The van der Waals surface area contributed by atoms with Crippen molar-refractivity contribution in [3.05, 3.63) is 118 Å². The van der Waals surface area contributed by atoms with E-state index in [0.29, 0.717) is 0 Å². The second-order valence-corrected chi connectivity index (χ2v) is 11.0. The Labute approximate surface area is 214 Å². The summed E-state index contributed by atoms with van der Waals surface area (Å²) < 4.78 is 0. The number of likely N-dealkylation sites (N-methyl/N-ethyl adjacent to an activating group) is 1. The van der Waals surface area contributed by atoms with Gasteiger partial charge in [-0.05, 0) is 59.4 Å². The molecule has 0 aromatic heterocycles. The summed E-state index contributed by atoms with van der Waals surface area (Å²) in [6.07, 6.45) is 14.9. The minimum Gasteiger partial charge on any atom is -0.347 e. The van der Waals surface area contributed by atoms with Gasteiger partial charge in [-0.25, -0.2) is 0 Å². The van der Waals surface area contributed by atoms with Crippen molar-refractivity contribution in [1.29, 1.82) is 0 Å². The third-order valence-electron chi connectivity index (χ3n) is 7.73. The molecule has 1 aliphatic carbocycles. The summed E-state index contributed by atoms with van der Waals surface area (Å²) >= 11 is 6.79. The number of benzene rings is 2. The molecule has 2 aliphatic heterocycles. The van der Waals surface area contributed by atoms with Crippen LogP contribution in [0.3, 0.4) is 0 Å².